The van der Waals surface area contributed by atoms with Crippen molar-refractivity contribution in [3.05, 3.63) is 36.7 Å². The zero-order valence-electron chi connectivity index (χ0n) is 14.5. The molecule has 0 aliphatic carbocycles. The lowest BCUT2D eigenvalue weighted by atomic mass is 10.0. The van der Waals surface area contributed by atoms with Crippen molar-refractivity contribution in [2.75, 3.05) is 11.9 Å². The number of nitrogens with one attached hydrogen (secondary N) is 2. The summed E-state index contributed by atoms with van der Waals surface area (Å²) in [4.78, 5) is 34.0. The molecule has 0 spiro atoms. The number of anilines is 1. The highest BCUT2D eigenvalue weighted by molar-refractivity contribution is 5.97. The average Bonchev–Trinajstić information content (AvgIpc) is 3.17. The van der Waals surface area contributed by atoms with Crippen molar-refractivity contribution in [2.45, 2.75) is 45.1 Å². The molecule has 3 rings (SSSR count). The molecule has 0 saturated carbocycles. The molecule has 25 heavy (non-hydrogen) atoms. The van der Waals surface area contributed by atoms with Gasteiger partial charge in [0.15, 0.2) is 0 Å². The van der Waals surface area contributed by atoms with E-state index in [1.165, 1.54) is 0 Å². The van der Waals surface area contributed by atoms with Gasteiger partial charge in [-0.15, -0.1) is 0 Å². The highest BCUT2D eigenvalue weighted by Crippen LogP contribution is 2.22. The molecule has 1 unspecified atom stereocenters. The van der Waals surface area contributed by atoms with Gasteiger partial charge in [0.05, 0.1) is 0 Å². The van der Waals surface area contributed by atoms with Gasteiger partial charge < -0.3 is 15.2 Å². The molecule has 6 heteroatoms. The van der Waals surface area contributed by atoms with E-state index in [1.807, 2.05) is 31.2 Å². The minimum atomic E-state index is -0.363. The van der Waals surface area contributed by atoms with Crippen molar-refractivity contribution in [3.63, 3.8) is 0 Å². The molecule has 132 valence electrons. The molecule has 2 N–H and O–H groups in total. The number of rotatable bonds is 5. The van der Waals surface area contributed by atoms with E-state index in [-0.39, 0.29) is 17.9 Å². The number of hydrogen-bond donors (Lipinski definition) is 2. The fraction of sp³-hybridized carbons (Fsp3) is 0.421. The lowest BCUT2D eigenvalue weighted by Gasteiger charge is -2.34. The molecule has 2 amide bonds. The third-order valence-corrected chi connectivity index (χ3v) is 4.51. The molecule has 1 saturated heterocycles. The number of imidazole rings is 1. The third kappa shape index (κ3) is 4.07. The summed E-state index contributed by atoms with van der Waals surface area (Å²) in [6, 6.07) is 7.18. The standard InChI is InChI=1S/C19H24N4O2/c1-2-5-17(24)23-13-4-3-6-16(23)19(25)22-15-9-7-14(8-10-15)18-20-11-12-21-18/h7-12,16H,2-6,13H2,1H3,(H,20,21)(H,22,25). The second-order valence-electron chi connectivity index (χ2n) is 6.35. The molecule has 1 atom stereocenters. The van der Waals surface area contributed by atoms with Crippen LogP contribution in [0.15, 0.2) is 36.7 Å². The summed E-state index contributed by atoms with van der Waals surface area (Å²) in [5, 5.41) is 2.95. The first-order valence-electron chi connectivity index (χ1n) is 8.89. The summed E-state index contributed by atoms with van der Waals surface area (Å²) in [7, 11) is 0. The van der Waals surface area contributed by atoms with Crippen LogP contribution in [0.1, 0.15) is 39.0 Å². The Morgan fingerprint density at radius 1 is 1.28 bits per heavy atom. The zero-order chi connectivity index (χ0) is 17.6. The Labute approximate surface area is 147 Å². The number of carbonyl (C=O) groups is 2. The van der Waals surface area contributed by atoms with Crippen LogP contribution in [0.5, 0.6) is 0 Å². The summed E-state index contributed by atoms with van der Waals surface area (Å²) >= 11 is 0. The van der Waals surface area contributed by atoms with Crippen molar-refractivity contribution in [3.8, 4) is 11.4 Å². The molecule has 2 aromatic rings. The van der Waals surface area contributed by atoms with Crippen LogP contribution >= 0.6 is 0 Å². The van der Waals surface area contributed by atoms with E-state index in [1.54, 1.807) is 17.3 Å². The van der Waals surface area contributed by atoms with Gasteiger partial charge in [0.2, 0.25) is 11.8 Å². The Kier molecular flexibility index (Phi) is 5.48. The van der Waals surface area contributed by atoms with Crippen LogP contribution in [-0.4, -0.2) is 39.3 Å². The molecule has 0 radical (unpaired) electrons. The van der Waals surface area contributed by atoms with Gasteiger partial charge in [0.25, 0.3) is 0 Å². The number of amides is 2. The van der Waals surface area contributed by atoms with E-state index in [4.69, 9.17) is 0 Å². The van der Waals surface area contributed by atoms with Crippen LogP contribution in [-0.2, 0) is 9.59 Å². The normalized spacial score (nSPS) is 17.3. The van der Waals surface area contributed by atoms with E-state index in [0.29, 0.717) is 13.0 Å². The molecular formula is C19H24N4O2. The van der Waals surface area contributed by atoms with Gasteiger partial charge in [0.1, 0.15) is 11.9 Å². The molecule has 1 aliphatic heterocycles. The molecular weight excluding hydrogens is 316 g/mol. The monoisotopic (exact) mass is 340 g/mol. The number of H-pyrrole nitrogens is 1. The van der Waals surface area contributed by atoms with Crippen molar-refractivity contribution in [2.24, 2.45) is 0 Å². The van der Waals surface area contributed by atoms with E-state index in [9.17, 15) is 9.59 Å². The van der Waals surface area contributed by atoms with E-state index in [2.05, 4.69) is 15.3 Å². The van der Waals surface area contributed by atoms with Gasteiger partial charge in [-0.3, -0.25) is 9.59 Å². The second-order valence-corrected chi connectivity index (χ2v) is 6.35. The van der Waals surface area contributed by atoms with Gasteiger partial charge in [-0.2, -0.15) is 0 Å². The van der Waals surface area contributed by atoms with Gasteiger partial charge in [0, 0.05) is 36.6 Å². The number of hydrogen-bond acceptors (Lipinski definition) is 3. The fourth-order valence-electron chi connectivity index (χ4n) is 3.22. The van der Waals surface area contributed by atoms with Crippen LogP contribution in [0.3, 0.4) is 0 Å². The summed E-state index contributed by atoms with van der Waals surface area (Å²) in [5.74, 6) is 0.770. The number of nitrogens with zero attached hydrogens (tertiary/aromatic N) is 2. The van der Waals surface area contributed by atoms with Crippen LogP contribution in [0.4, 0.5) is 5.69 Å². The minimum Gasteiger partial charge on any atom is -0.345 e. The van der Waals surface area contributed by atoms with Crippen molar-refractivity contribution >= 4 is 17.5 Å². The Morgan fingerprint density at radius 3 is 2.76 bits per heavy atom. The van der Waals surface area contributed by atoms with E-state index < -0.39 is 0 Å². The molecule has 1 aromatic heterocycles. The lowest BCUT2D eigenvalue weighted by molar-refractivity contribution is -0.140. The number of aromatic amines is 1. The SMILES string of the molecule is CCCC(=O)N1CCCCC1C(=O)Nc1ccc(-c2ncc[nH]2)cc1. The van der Waals surface area contributed by atoms with Crippen LogP contribution in [0.25, 0.3) is 11.4 Å². The quantitative estimate of drug-likeness (QED) is 0.877. The Balaban J connectivity index is 1.67. The minimum absolute atomic E-state index is 0.0792. The number of benzene rings is 1. The largest absolute Gasteiger partial charge is 0.345 e. The smallest absolute Gasteiger partial charge is 0.247 e. The van der Waals surface area contributed by atoms with Gasteiger partial charge in [-0.1, -0.05) is 6.92 Å². The summed E-state index contributed by atoms with van der Waals surface area (Å²) in [6.45, 7) is 2.66. The molecule has 6 nitrogen and oxygen atoms in total. The first kappa shape index (κ1) is 17.2. The topological polar surface area (TPSA) is 78.1 Å². The molecule has 2 heterocycles. The summed E-state index contributed by atoms with van der Waals surface area (Å²) in [6.07, 6.45) is 7.46. The highest BCUT2D eigenvalue weighted by Gasteiger charge is 2.31. The lowest BCUT2D eigenvalue weighted by Crippen LogP contribution is -2.49. The van der Waals surface area contributed by atoms with Crippen molar-refractivity contribution in [1.82, 2.24) is 14.9 Å². The second kappa shape index (κ2) is 7.96. The maximum Gasteiger partial charge on any atom is 0.247 e. The van der Waals surface area contributed by atoms with Crippen LogP contribution < -0.4 is 5.32 Å². The highest BCUT2D eigenvalue weighted by atomic mass is 16.2. The Morgan fingerprint density at radius 2 is 2.08 bits per heavy atom. The van der Waals surface area contributed by atoms with Crippen LogP contribution in [0, 0.1) is 0 Å². The maximum absolute atomic E-state index is 12.7. The number of likely N-dealkylation sites (tertiary alicyclic amines) is 1. The third-order valence-electron chi connectivity index (χ3n) is 4.51. The summed E-state index contributed by atoms with van der Waals surface area (Å²) in [5.41, 5.74) is 1.69. The molecule has 1 fully saturated rings. The fourth-order valence-corrected chi connectivity index (χ4v) is 3.22. The first-order valence-corrected chi connectivity index (χ1v) is 8.89. The van der Waals surface area contributed by atoms with E-state index in [0.717, 1.165) is 42.8 Å². The van der Waals surface area contributed by atoms with Gasteiger partial charge >= 0.3 is 0 Å². The Bertz CT molecular complexity index is 710. The average molecular weight is 340 g/mol. The van der Waals surface area contributed by atoms with Crippen molar-refractivity contribution in [1.29, 1.82) is 0 Å². The molecule has 1 aliphatic rings. The number of aromatic nitrogens is 2. The number of piperidine rings is 1. The Hall–Kier alpha value is -2.63. The summed E-state index contributed by atoms with van der Waals surface area (Å²) < 4.78 is 0. The van der Waals surface area contributed by atoms with Crippen molar-refractivity contribution < 1.29 is 9.59 Å². The predicted molar refractivity (Wildman–Crippen MR) is 96.9 cm³/mol. The van der Waals surface area contributed by atoms with Crippen LogP contribution in [0.2, 0.25) is 0 Å². The first-order chi connectivity index (χ1) is 12.2. The molecule has 1 aromatic carbocycles. The number of carbonyl (C=O) groups excluding carboxylic acids is 2. The zero-order valence-corrected chi connectivity index (χ0v) is 14.5. The van der Waals surface area contributed by atoms with Gasteiger partial charge in [-0.05, 0) is 49.9 Å². The predicted octanol–water partition coefficient (Wildman–Crippen LogP) is 3.20. The maximum atomic E-state index is 12.7. The molecule has 0 bridgehead atoms. The van der Waals surface area contributed by atoms with Gasteiger partial charge in [-0.25, -0.2) is 4.98 Å². The van der Waals surface area contributed by atoms with E-state index >= 15 is 0 Å².